The van der Waals surface area contributed by atoms with E-state index in [0.717, 1.165) is 17.9 Å². The number of carbonyl (C=O) groups is 3. The Morgan fingerprint density at radius 3 is 2.59 bits per heavy atom. The average Bonchev–Trinajstić information content (AvgIpc) is 3.69. The number of rotatable bonds is 10. The summed E-state index contributed by atoms with van der Waals surface area (Å²) < 4.78 is 30.2. The molecule has 39 heavy (non-hydrogen) atoms. The Morgan fingerprint density at radius 2 is 1.95 bits per heavy atom. The number of carboxylic acid groups (broad SMARTS) is 1. The van der Waals surface area contributed by atoms with Crippen molar-refractivity contribution >= 4 is 44.8 Å². The summed E-state index contributed by atoms with van der Waals surface area (Å²) in [7, 11) is -3.23. The minimum atomic E-state index is -4.67. The van der Waals surface area contributed by atoms with E-state index in [2.05, 4.69) is 15.1 Å². The van der Waals surface area contributed by atoms with Crippen LogP contribution in [-0.2, 0) is 24.4 Å². The molecule has 2 aromatic carbocycles. The second kappa shape index (κ2) is 11.3. The Morgan fingerprint density at radius 1 is 1.23 bits per heavy atom. The molecule has 13 heteroatoms. The molecule has 0 bridgehead atoms. The van der Waals surface area contributed by atoms with Crippen molar-refractivity contribution in [3.05, 3.63) is 42.5 Å². The van der Waals surface area contributed by atoms with Gasteiger partial charge in [0.05, 0.1) is 4.90 Å². The van der Waals surface area contributed by atoms with Gasteiger partial charge in [-0.2, -0.15) is 9.82 Å². The molecular formula is C26H34N6O6S. The molecule has 0 spiro atoms. The van der Waals surface area contributed by atoms with Gasteiger partial charge in [-0.1, -0.05) is 43.3 Å². The molecule has 1 heterocycles. The number of amides is 2. The number of benzene rings is 2. The zero-order valence-corrected chi connectivity index (χ0v) is 22.7. The van der Waals surface area contributed by atoms with Crippen molar-refractivity contribution in [2.75, 3.05) is 20.1 Å². The van der Waals surface area contributed by atoms with E-state index in [4.69, 9.17) is 5.84 Å². The number of fused-ring (bicyclic) bond motifs is 1. The van der Waals surface area contributed by atoms with Gasteiger partial charge in [-0.15, -0.1) is 0 Å². The number of likely N-dealkylation sites (N-methyl/N-ethyl adjacent to an activating group) is 1. The number of carbonyl (C=O) groups excluding carboxylic acids is 2. The molecule has 5 N–H and O–H groups in total. The van der Waals surface area contributed by atoms with Crippen LogP contribution in [0.2, 0.25) is 0 Å². The van der Waals surface area contributed by atoms with Crippen LogP contribution < -0.4 is 15.9 Å². The number of carboxylic acids is 1. The van der Waals surface area contributed by atoms with Crippen LogP contribution >= 0.6 is 0 Å². The Bertz CT molecular complexity index is 1390. The van der Waals surface area contributed by atoms with Gasteiger partial charge in [0.25, 0.3) is 11.6 Å². The topological polar surface area (TPSA) is 174 Å². The van der Waals surface area contributed by atoms with Crippen molar-refractivity contribution in [3.8, 4) is 0 Å². The van der Waals surface area contributed by atoms with Gasteiger partial charge in [0.2, 0.25) is 15.9 Å². The zero-order chi connectivity index (χ0) is 28.4. The number of sulfonamides is 1. The fraction of sp³-hybridized carbons (Fsp3) is 0.462. The van der Waals surface area contributed by atoms with Gasteiger partial charge in [0.1, 0.15) is 0 Å². The summed E-state index contributed by atoms with van der Waals surface area (Å²) in [4.78, 5) is 42.8. The van der Waals surface area contributed by atoms with Gasteiger partial charge in [-0.05, 0) is 37.3 Å². The Kier molecular flexibility index (Phi) is 8.23. The molecule has 4 atom stereocenters. The van der Waals surface area contributed by atoms with Crippen molar-refractivity contribution in [2.45, 2.75) is 55.2 Å². The summed E-state index contributed by atoms with van der Waals surface area (Å²) in [5, 5.41) is 18.4. The van der Waals surface area contributed by atoms with Crippen molar-refractivity contribution in [2.24, 2.45) is 16.9 Å². The molecule has 2 aromatic rings. The van der Waals surface area contributed by atoms with Crippen LogP contribution in [0.25, 0.3) is 10.8 Å². The van der Waals surface area contributed by atoms with Crippen LogP contribution in [0.3, 0.4) is 0 Å². The highest BCUT2D eigenvalue weighted by Gasteiger charge is 2.63. The van der Waals surface area contributed by atoms with Gasteiger partial charge in [0, 0.05) is 49.6 Å². The molecule has 1 aliphatic heterocycles. The second-order valence-electron chi connectivity index (χ2n) is 9.90. The molecule has 4 rings (SSSR count). The van der Waals surface area contributed by atoms with Crippen LogP contribution in [-0.4, -0.2) is 85.2 Å². The van der Waals surface area contributed by atoms with Gasteiger partial charge < -0.3 is 26.1 Å². The number of nitrogens with one attached hydrogen (secondary N) is 2. The first kappa shape index (κ1) is 28.5. The molecule has 1 aliphatic carbocycles. The van der Waals surface area contributed by atoms with Crippen molar-refractivity contribution in [1.29, 1.82) is 0 Å². The maximum absolute atomic E-state index is 14.3. The minimum Gasteiger partial charge on any atom is -0.478 e. The standard InChI is InChI=1S/C26H34N6O6S/c1-3-23(33)32(21-14-18(21)15-29-27)26(25(35)36,24(34)31(2)19-10-7-13-28-16-19)30-39(37,38)22-12-6-9-17-8-4-5-11-20(17)22/h4-6,8-9,11-12,15,18-19,21,28,30H,3,7,10,13-14,16,27H2,1-2H3,(H,35,36)/t18-,19?,21?,26-/m1/s1. The lowest BCUT2D eigenvalue weighted by atomic mass is 10.0. The van der Waals surface area contributed by atoms with E-state index >= 15 is 0 Å². The van der Waals surface area contributed by atoms with Crippen molar-refractivity contribution < 1.29 is 27.9 Å². The van der Waals surface area contributed by atoms with E-state index in [1.165, 1.54) is 37.2 Å². The quantitative estimate of drug-likeness (QED) is 0.108. The average molecular weight is 559 g/mol. The molecular weight excluding hydrogens is 524 g/mol. The zero-order valence-electron chi connectivity index (χ0n) is 21.9. The van der Waals surface area contributed by atoms with Crippen LogP contribution in [0, 0.1) is 5.92 Å². The predicted molar refractivity (Wildman–Crippen MR) is 145 cm³/mol. The molecule has 1 saturated heterocycles. The second-order valence-corrected chi connectivity index (χ2v) is 11.5. The van der Waals surface area contributed by atoms with Crippen molar-refractivity contribution in [3.63, 3.8) is 0 Å². The molecule has 2 unspecified atom stereocenters. The number of hydrogen-bond donors (Lipinski definition) is 4. The third-order valence-corrected chi connectivity index (χ3v) is 8.92. The highest BCUT2D eigenvalue weighted by Crippen LogP contribution is 2.40. The minimum absolute atomic E-state index is 0.157. The third-order valence-electron chi connectivity index (χ3n) is 7.43. The van der Waals surface area contributed by atoms with E-state index in [1.54, 1.807) is 30.3 Å². The monoisotopic (exact) mass is 558 g/mol. The Labute approximate surface area is 227 Å². The van der Waals surface area contributed by atoms with Gasteiger partial charge in [0.15, 0.2) is 0 Å². The number of nitrogens with zero attached hydrogens (tertiary/aromatic N) is 3. The van der Waals surface area contributed by atoms with E-state index < -0.39 is 51.5 Å². The molecule has 0 aromatic heterocycles. The molecule has 2 aliphatic rings. The summed E-state index contributed by atoms with van der Waals surface area (Å²) in [5.74, 6) is 1.32. The van der Waals surface area contributed by atoms with Crippen LogP contribution in [0.5, 0.6) is 0 Å². The van der Waals surface area contributed by atoms with E-state index in [1.807, 2.05) is 0 Å². The first-order valence-electron chi connectivity index (χ1n) is 12.9. The predicted octanol–water partition coefficient (Wildman–Crippen LogP) is 0.681. The SMILES string of the molecule is CCC(=O)N(C1C[C@@H]1C=NN)[C@@](NS(=O)(=O)c1cccc2ccccc12)(C(=O)O)C(=O)N(C)C1CCCNC1. The third kappa shape index (κ3) is 5.34. The largest absolute Gasteiger partial charge is 0.478 e. The van der Waals surface area contributed by atoms with Crippen LogP contribution in [0.4, 0.5) is 0 Å². The Balaban J connectivity index is 1.90. The first-order valence-corrected chi connectivity index (χ1v) is 14.4. The number of hydrogen-bond acceptors (Lipinski definition) is 8. The molecule has 1 saturated carbocycles. The normalized spacial score (nSPS) is 22.8. The first-order chi connectivity index (χ1) is 18.6. The summed E-state index contributed by atoms with van der Waals surface area (Å²) in [5.41, 5.74) is -2.95. The van der Waals surface area contributed by atoms with Gasteiger partial charge in [-0.25, -0.2) is 13.2 Å². The van der Waals surface area contributed by atoms with Crippen LogP contribution in [0.1, 0.15) is 32.6 Å². The van der Waals surface area contributed by atoms with E-state index in [-0.39, 0.29) is 17.7 Å². The molecule has 2 fully saturated rings. The lowest BCUT2D eigenvalue weighted by molar-refractivity contribution is -0.172. The highest BCUT2D eigenvalue weighted by molar-refractivity contribution is 7.89. The van der Waals surface area contributed by atoms with Gasteiger partial charge >= 0.3 is 5.97 Å². The maximum atomic E-state index is 14.3. The fourth-order valence-electron chi connectivity index (χ4n) is 5.26. The van der Waals surface area contributed by atoms with Crippen molar-refractivity contribution in [1.82, 2.24) is 19.8 Å². The summed E-state index contributed by atoms with van der Waals surface area (Å²) in [6.07, 6.45) is 2.83. The fourth-order valence-corrected chi connectivity index (χ4v) is 6.76. The lowest BCUT2D eigenvalue weighted by Gasteiger charge is -2.43. The summed E-state index contributed by atoms with van der Waals surface area (Å²) in [6.45, 7) is 2.68. The number of piperidine rings is 1. The van der Waals surface area contributed by atoms with E-state index in [9.17, 15) is 27.9 Å². The number of nitrogens with two attached hydrogens (primary N) is 1. The lowest BCUT2D eigenvalue weighted by Crippen LogP contribution is -2.75. The van der Waals surface area contributed by atoms with Crippen LogP contribution in [0.15, 0.2) is 52.5 Å². The molecule has 12 nitrogen and oxygen atoms in total. The molecule has 2 amide bonds. The molecule has 210 valence electrons. The number of aliphatic carboxylic acids is 1. The summed E-state index contributed by atoms with van der Waals surface area (Å²) >= 11 is 0. The Hall–Kier alpha value is -3.55. The number of hydrazone groups is 1. The molecule has 0 radical (unpaired) electrons. The van der Waals surface area contributed by atoms with Gasteiger partial charge in [-0.3, -0.25) is 9.59 Å². The maximum Gasteiger partial charge on any atom is 0.356 e. The highest BCUT2D eigenvalue weighted by atomic mass is 32.2. The smallest absolute Gasteiger partial charge is 0.356 e. The van der Waals surface area contributed by atoms with E-state index in [0.29, 0.717) is 23.7 Å². The summed E-state index contributed by atoms with van der Waals surface area (Å²) in [6, 6.07) is 10.1.